The van der Waals surface area contributed by atoms with Crippen LogP contribution >= 0.6 is 0 Å². The number of aromatic nitrogens is 2. The Morgan fingerprint density at radius 2 is 1.79 bits per heavy atom. The zero-order valence-corrected chi connectivity index (χ0v) is 16.5. The lowest BCUT2D eigenvalue weighted by molar-refractivity contribution is 0.256. The fraction of sp³-hybridized carbons (Fsp3) is 0.474. The molecule has 2 N–H and O–H groups in total. The number of fused-ring (bicyclic) bond motifs is 3. The quantitative estimate of drug-likeness (QED) is 0.816. The fourth-order valence-corrected chi connectivity index (χ4v) is 5.68. The van der Waals surface area contributed by atoms with Crippen LogP contribution in [0.4, 0.5) is 10.5 Å². The van der Waals surface area contributed by atoms with Gasteiger partial charge < -0.3 is 10.1 Å². The van der Waals surface area contributed by atoms with Gasteiger partial charge in [-0.3, -0.25) is 4.68 Å². The smallest absolute Gasteiger partial charge is 0.333 e. The summed E-state index contributed by atoms with van der Waals surface area (Å²) >= 11 is 0. The lowest BCUT2D eigenvalue weighted by Crippen LogP contribution is -2.35. The zero-order chi connectivity index (χ0) is 19.5. The maximum Gasteiger partial charge on any atom is 0.333 e. The topological polar surface area (TPSA) is 102 Å². The van der Waals surface area contributed by atoms with Gasteiger partial charge in [0.05, 0.1) is 12.3 Å². The van der Waals surface area contributed by atoms with Gasteiger partial charge in [0.1, 0.15) is 0 Å². The second-order valence-electron chi connectivity index (χ2n) is 7.60. The van der Waals surface area contributed by atoms with E-state index >= 15 is 0 Å². The van der Waals surface area contributed by atoms with Gasteiger partial charge in [-0.1, -0.05) is 6.07 Å². The first-order valence-electron chi connectivity index (χ1n) is 9.63. The summed E-state index contributed by atoms with van der Waals surface area (Å²) < 4.78 is 34.5. The Morgan fingerprint density at radius 3 is 2.46 bits per heavy atom. The summed E-state index contributed by atoms with van der Waals surface area (Å²) in [7, 11) is -2.46. The van der Waals surface area contributed by atoms with Crippen LogP contribution in [0.15, 0.2) is 11.1 Å². The number of aryl methyl sites for hydroxylation is 3. The average Bonchev–Trinajstić information content (AvgIpc) is 3.38. The molecule has 0 radical (unpaired) electrons. The Labute approximate surface area is 163 Å². The lowest BCUT2D eigenvalue weighted by atomic mass is 9.99. The largest absolute Gasteiger partial charge is 0.488 e. The van der Waals surface area contributed by atoms with Crippen molar-refractivity contribution in [2.45, 2.75) is 50.0 Å². The van der Waals surface area contributed by atoms with Crippen LogP contribution in [0, 0.1) is 0 Å². The summed E-state index contributed by atoms with van der Waals surface area (Å²) in [5.74, 6) is 0.240. The molecule has 0 saturated heterocycles. The number of carbonyl (C=O) groups excluding carboxylic acids is 1. The van der Waals surface area contributed by atoms with Gasteiger partial charge in [0, 0.05) is 19.2 Å². The molecular weight excluding hydrogens is 380 g/mol. The number of hydrogen-bond donors (Lipinski definition) is 2. The number of hydrogen-bond acceptors (Lipinski definition) is 5. The monoisotopic (exact) mass is 402 g/mol. The van der Waals surface area contributed by atoms with Crippen molar-refractivity contribution in [1.29, 1.82) is 0 Å². The molecule has 9 heteroatoms. The molecule has 0 fully saturated rings. The number of sulfonamides is 1. The van der Waals surface area contributed by atoms with Crippen LogP contribution in [0.25, 0.3) is 0 Å². The summed E-state index contributed by atoms with van der Waals surface area (Å²) in [5, 5.41) is 6.64. The summed E-state index contributed by atoms with van der Waals surface area (Å²) in [6, 6.07) is 1.51. The van der Waals surface area contributed by atoms with Crippen molar-refractivity contribution in [2.75, 3.05) is 11.9 Å². The Kier molecular flexibility index (Phi) is 3.90. The molecular formula is C19H22N4O4S. The highest BCUT2D eigenvalue weighted by Crippen LogP contribution is 2.38. The Bertz CT molecular complexity index is 1070. The molecule has 2 heterocycles. The molecule has 1 aromatic heterocycles. The molecule has 1 aromatic carbocycles. The van der Waals surface area contributed by atoms with E-state index in [9.17, 15) is 13.2 Å². The van der Waals surface area contributed by atoms with E-state index in [0.29, 0.717) is 13.0 Å². The van der Waals surface area contributed by atoms with Crippen molar-refractivity contribution in [3.05, 3.63) is 34.0 Å². The van der Waals surface area contributed by atoms with Crippen LogP contribution in [-0.4, -0.2) is 30.8 Å². The maximum atomic E-state index is 12.7. The number of benzene rings is 1. The van der Waals surface area contributed by atoms with E-state index in [-0.39, 0.29) is 10.8 Å². The van der Waals surface area contributed by atoms with E-state index in [1.54, 1.807) is 7.05 Å². The molecule has 2 aromatic rings. The zero-order valence-electron chi connectivity index (χ0n) is 15.7. The molecule has 148 valence electrons. The molecule has 2 aliphatic carbocycles. The number of ether oxygens (including phenoxy) is 1. The Balaban J connectivity index is 1.43. The minimum absolute atomic E-state index is 0.235. The molecule has 3 aliphatic rings. The van der Waals surface area contributed by atoms with Crippen LogP contribution < -0.4 is 14.8 Å². The Hall–Kier alpha value is -2.55. The highest BCUT2D eigenvalue weighted by Gasteiger charge is 2.33. The minimum atomic E-state index is -4.13. The molecule has 0 bridgehead atoms. The summed E-state index contributed by atoms with van der Waals surface area (Å²) in [6.07, 6.45) is 6.56. The van der Waals surface area contributed by atoms with Crippen LogP contribution in [0.1, 0.15) is 40.8 Å². The van der Waals surface area contributed by atoms with E-state index < -0.39 is 16.1 Å². The first-order valence-corrected chi connectivity index (χ1v) is 11.1. The van der Waals surface area contributed by atoms with E-state index in [1.807, 2.05) is 0 Å². The van der Waals surface area contributed by atoms with Crippen molar-refractivity contribution in [3.8, 4) is 5.75 Å². The summed E-state index contributed by atoms with van der Waals surface area (Å²) in [5.41, 5.74) is 6.37. The number of carbonyl (C=O) groups is 1. The number of amides is 2. The van der Waals surface area contributed by atoms with Gasteiger partial charge in [-0.2, -0.15) is 13.5 Å². The molecule has 0 unspecified atom stereocenters. The number of nitrogens with one attached hydrogen (secondary N) is 2. The highest BCUT2D eigenvalue weighted by atomic mass is 32.2. The van der Waals surface area contributed by atoms with E-state index in [0.717, 1.165) is 61.0 Å². The molecule has 8 nitrogen and oxygen atoms in total. The average molecular weight is 402 g/mol. The number of rotatable bonds is 3. The van der Waals surface area contributed by atoms with Crippen molar-refractivity contribution < 1.29 is 17.9 Å². The summed E-state index contributed by atoms with van der Waals surface area (Å²) in [6.45, 7) is 0.415. The third-order valence-electron chi connectivity index (χ3n) is 5.87. The van der Waals surface area contributed by atoms with Crippen molar-refractivity contribution >= 4 is 21.7 Å². The third-order valence-corrected chi connectivity index (χ3v) is 7.10. The van der Waals surface area contributed by atoms with Crippen LogP contribution in [-0.2, 0) is 49.2 Å². The van der Waals surface area contributed by atoms with E-state index in [1.165, 1.54) is 15.8 Å². The predicted octanol–water partition coefficient (Wildman–Crippen LogP) is 1.84. The molecule has 28 heavy (non-hydrogen) atoms. The van der Waals surface area contributed by atoms with Gasteiger partial charge >= 0.3 is 6.03 Å². The van der Waals surface area contributed by atoms with Gasteiger partial charge in [-0.25, -0.2) is 9.52 Å². The third kappa shape index (κ3) is 2.68. The maximum absolute atomic E-state index is 12.7. The highest BCUT2D eigenvalue weighted by molar-refractivity contribution is 7.90. The standard InChI is InChI=1S/C19H22N4O4S/c1-23-15-8-9-27-17(15)18(21-23)28(25,26)22-19(24)20-16-13-6-2-4-11(13)10-12-5-3-7-14(12)16/h10H,2-9H2,1H3,(H2,20,22,24). The molecule has 5 rings (SSSR count). The number of urea groups is 1. The lowest BCUT2D eigenvalue weighted by Gasteiger charge is -2.16. The normalized spacial score (nSPS) is 17.0. The summed E-state index contributed by atoms with van der Waals surface area (Å²) in [4.78, 5) is 12.6. The molecule has 0 spiro atoms. The van der Waals surface area contributed by atoms with E-state index in [2.05, 4.69) is 21.2 Å². The molecule has 1 aliphatic heterocycles. The van der Waals surface area contributed by atoms with Gasteiger partial charge in [-0.15, -0.1) is 0 Å². The van der Waals surface area contributed by atoms with Crippen LogP contribution in [0.5, 0.6) is 5.75 Å². The first kappa shape index (κ1) is 17.5. The van der Waals surface area contributed by atoms with Crippen molar-refractivity contribution in [1.82, 2.24) is 14.5 Å². The fourth-order valence-electron chi connectivity index (χ4n) is 4.63. The molecule has 0 atom stereocenters. The Morgan fingerprint density at radius 1 is 1.11 bits per heavy atom. The minimum Gasteiger partial charge on any atom is -0.488 e. The van der Waals surface area contributed by atoms with Crippen molar-refractivity contribution in [3.63, 3.8) is 0 Å². The molecule has 2 amide bonds. The van der Waals surface area contributed by atoms with Crippen LogP contribution in [0.2, 0.25) is 0 Å². The van der Waals surface area contributed by atoms with Gasteiger partial charge in [-0.05, 0) is 60.8 Å². The second-order valence-corrected chi connectivity index (χ2v) is 9.19. The van der Waals surface area contributed by atoms with Gasteiger partial charge in [0.15, 0.2) is 5.75 Å². The van der Waals surface area contributed by atoms with Gasteiger partial charge in [0.25, 0.3) is 10.0 Å². The van der Waals surface area contributed by atoms with Crippen molar-refractivity contribution in [2.24, 2.45) is 7.05 Å². The first-order chi connectivity index (χ1) is 13.4. The molecule has 0 saturated carbocycles. The second kappa shape index (κ2) is 6.23. The number of anilines is 1. The number of nitrogens with zero attached hydrogens (tertiary/aromatic N) is 2. The SMILES string of the molecule is Cn1nc(S(=O)(=O)NC(=O)Nc2c3c(cc4c2CCC4)CCC3)c2c1CCO2. The van der Waals surface area contributed by atoms with E-state index in [4.69, 9.17) is 4.74 Å². The van der Waals surface area contributed by atoms with Crippen LogP contribution in [0.3, 0.4) is 0 Å². The van der Waals surface area contributed by atoms with Gasteiger partial charge in [0.2, 0.25) is 5.03 Å². The predicted molar refractivity (Wildman–Crippen MR) is 102 cm³/mol.